The monoisotopic (exact) mass is 813 g/mol. The van der Waals surface area contributed by atoms with Gasteiger partial charge in [0.25, 0.3) is 11.8 Å². The maximum Gasteiger partial charge on any atom is 0.261 e. The zero-order valence-electron chi connectivity index (χ0n) is 28.5. The molecule has 2 saturated carbocycles. The van der Waals surface area contributed by atoms with E-state index >= 15 is 0 Å². The van der Waals surface area contributed by atoms with Crippen LogP contribution in [-0.4, -0.2) is 64.3 Å². The first-order chi connectivity index (χ1) is 23.5. The number of hydrogen-bond donors (Lipinski definition) is 1. The molecule has 4 spiro atoms. The second kappa shape index (κ2) is 13.2. The standard InChI is InChI=1S/C19H23BrN2O2S.C18H22BrN3O2/c1-22-16(23)19(21-17(22)25-2)12-18(9-5-3-4-6-10-18)24-15-8-7-13(20)11-14(15)19;1-22-15(23)18(21-16(22)20)11-17(8-4-2-3-5-9-17)24-14-7-6-12(19)10-13(14)18/h7-8,11H,3-6,9-10,12H2,1-2H3;6-7,10H,2-5,8-9,11H2,1H3,(H2,20,21). The van der Waals surface area contributed by atoms with Crippen molar-refractivity contribution in [1.29, 1.82) is 0 Å². The zero-order valence-corrected chi connectivity index (χ0v) is 32.5. The molecule has 4 heterocycles. The Morgan fingerprint density at radius 3 is 1.51 bits per heavy atom. The lowest BCUT2D eigenvalue weighted by molar-refractivity contribution is -0.135. The molecule has 0 saturated heterocycles. The van der Waals surface area contributed by atoms with Crippen molar-refractivity contribution in [1.82, 2.24) is 9.80 Å². The molecule has 2 N–H and O–H groups in total. The van der Waals surface area contributed by atoms with Gasteiger partial charge in [0.05, 0.1) is 0 Å². The van der Waals surface area contributed by atoms with Gasteiger partial charge in [-0.1, -0.05) is 69.3 Å². The lowest BCUT2D eigenvalue weighted by Gasteiger charge is -2.45. The Morgan fingerprint density at radius 1 is 0.694 bits per heavy atom. The Labute approximate surface area is 310 Å². The highest BCUT2D eigenvalue weighted by molar-refractivity contribution is 9.10. The molecule has 0 bridgehead atoms. The highest BCUT2D eigenvalue weighted by atomic mass is 79.9. The number of carbonyl (C=O) groups is 2. The molecular weight excluding hydrogens is 770 g/mol. The van der Waals surface area contributed by atoms with Crippen LogP contribution in [0.25, 0.3) is 0 Å². The molecule has 6 aliphatic rings. The number of nitrogens with zero attached hydrogens (tertiary/aromatic N) is 4. The van der Waals surface area contributed by atoms with Gasteiger partial charge in [0, 0.05) is 47.0 Å². The first-order valence-electron chi connectivity index (χ1n) is 17.5. The molecule has 2 fully saturated rings. The van der Waals surface area contributed by atoms with Crippen LogP contribution < -0.4 is 15.2 Å². The summed E-state index contributed by atoms with van der Waals surface area (Å²) in [5.74, 6) is 1.90. The largest absolute Gasteiger partial charge is 0.487 e. The molecule has 0 radical (unpaired) electrons. The molecule has 2 atom stereocenters. The van der Waals surface area contributed by atoms with Gasteiger partial charge in [-0.2, -0.15) is 0 Å². The van der Waals surface area contributed by atoms with E-state index in [1.807, 2.05) is 49.7 Å². The van der Waals surface area contributed by atoms with E-state index < -0.39 is 11.1 Å². The van der Waals surface area contributed by atoms with Gasteiger partial charge in [-0.3, -0.25) is 19.4 Å². The number of amidine groups is 1. The van der Waals surface area contributed by atoms with Gasteiger partial charge < -0.3 is 15.2 Å². The number of likely N-dealkylation sites (N-methyl/N-ethyl adjacent to an activating group) is 2. The fourth-order valence-electron chi connectivity index (χ4n) is 8.91. The molecule has 12 heteroatoms. The minimum absolute atomic E-state index is 0.0497. The fraction of sp³-hybridized carbons (Fsp3) is 0.568. The van der Waals surface area contributed by atoms with Crippen LogP contribution >= 0.6 is 43.6 Å². The Hall–Kier alpha value is -2.57. The Balaban J connectivity index is 0.000000154. The number of amides is 2. The van der Waals surface area contributed by atoms with Gasteiger partial charge in [0.1, 0.15) is 22.7 Å². The average molecular weight is 816 g/mol. The molecule has 2 aromatic rings. The lowest BCUT2D eigenvalue weighted by Crippen LogP contribution is -2.51. The molecule has 4 aliphatic heterocycles. The summed E-state index contributed by atoms with van der Waals surface area (Å²) in [6, 6.07) is 11.9. The number of fused-ring (bicyclic) bond motifs is 4. The topological polar surface area (TPSA) is 110 Å². The van der Waals surface area contributed by atoms with E-state index in [0.717, 1.165) is 88.1 Å². The number of thioether (sulfide) groups is 1. The molecule has 49 heavy (non-hydrogen) atoms. The number of ether oxygens (including phenoxy) is 2. The van der Waals surface area contributed by atoms with E-state index in [1.54, 1.807) is 11.9 Å². The first-order valence-corrected chi connectivity index (χ1v) is 20.3. The van der Waals surface area contributed by atoms with Crippen LogP contribution in [0.2, 0.25) is 0 Å². The number of nitrogens with two attached hydrogens (primary N) is 1. The van der Waals surface area contributed by atoms with Crippen LogP contribution in [-0.2, 0) is 20.7 Å². The summed E-state index contributed by atoms with van der Waals surface area (Å²) in [5.41, 5.74) is 5.37. The summed E-state index contributed by atoms with van der Waals surface area (Å²) in [4.78, 5) is 39.3. The SMILES string of the molecule is CN1C(=O)C2(CC3(CCCCCC3)Oc3ccc(Br)cc32)N=C1N.CSC1=NC2(CC3(CCCCCC3)Oc3ccc(Br)cc32)C(=O)N1C. The normalized spacial score (nSPS) is 28.2. The van der Waals surface area contributed by atoms with Crippen LogP contribution in [0, 0.1) is 0 Å². The maximum atomic E-state index is 13.4. The third-order valence-electron chi connectivity index (χ3n) is 11.3. The molecule has 2 aliphatic carbocycles. The summed E-state index contributed by atoms with van der Waals surface area (Å²) in [7, 11) is 3.53. The smallest absolute Gasteiger partial charge is 0.261 e. The number of hydrogen-bond acceptors (Lipinski definition) is 8. The lowest BCUT2D eigenvalue weighted by atomic mass is 9.73. The van der Waals surface area contributed by atoms with Crippen molar-refractivity contribution < 1.29 is 19.1 Å². The molecule has 2 aromatic carbocycles. The number of guanidine groups is 1. The third-order valence-corrected chi connectivity index (χ3v) is 13.1. The van der Waals surface area contributed by atoms with Crippen molar-refractivity contribution in [2.45, 2.75) is 112 Å². The molecule has 0 aromatic heterocycles. The predicted molar refractivity (Wildman–Crippen MR) is 201 cm³/mol. The molecule has 8 rings (SSSR count). The molecule has 262 valence electrons. The summed E-state index contributed by atoms with van der Waals surface area (Å²) >= 11 is 8.60. The summed E-state index contributed by atoms with van der Waals surface area (Å²) in [5, 5.41) is 0.793. The van der Waals surface area contributed by atoms with Crippen LogP contribution in [0.15, 0.2) is 55.3 Å². The van der Waals surface area contributed by atoms with Gasteiger partial charge in [-0.15, -0.1) is 0 Å². The van der Waals surface area contributed by atoms with Crippen molar-refractivity contribution in [3.8, 4) is 11.5 Å². The van der Waals surface area contributed by atoms with E-state index in [9.17, 15) is 9.59 Å². The van der Waals surface area contributed by atoms with E-state index in [0.29, 0.717) is 12.8 Å². The number of rotatable bonds is 0. The van der Waals surface area contributed by atoms with E-state index in [2.05, 4.69) is 36.9 Å². The van der Waals surface area contributed by atoms with Crippen molar-refractivity contribution >= 4 is 66.6 Å². The van der Waals surface area contributed by atoms with Gasteiger partial charge in [-0.05, 0) is 94.0 Å². The van der Waals surface area contributed by atoms with Crippen LogP contribution in [0.1, 0.15) is 101 Å². The molecule has 2 amide bonds. The van der Waals surface area contributed by atoms with Crippen molar-refractivity contribution in [3.05, 3.63) is 56.5 Å². The summed E-state index contributed by atoms with van der Waals surface area (Å²) in [6.07, 6.45) is 16.7. The van der Waals surface area contributed by atoms with Gasteiger partial charge >= 0.3 is 0 Å². The van der Waals surface area contributed by atoms with Crippen LogP contribution in [0.5, 0.6) is 11.5 Å². The Bertz CT molecular complexity index is 1720. The molecular formula is C37H45Br2N5O4S. The predicted octanol–water partition coefficient (Wildman–Crippen LogP) is 8.02. The Morgan fingerprint density at radius 2 is 1.12 bits per heavy atom. The minimum atomic E-state index is -0.944. The zero-order chi connectivity index (χ0) is 34.6. The van der Waals surface area contributed by atoms with E-state index in [1.165, 1.54) is 42.3 Å². The van der Waals surface area contributed by atoms with Gasteiger partial charge in [0.15, 0.2) is 22.2 Å². The van der Waals surface area contributed by atoms with Crippen molar-refractivity contribution in [2.75, 3.05) is 20.4 Å². The van der Waals surface area contributed by atoms with Crippen LogP contribution in [0.3, 0.4) is 0 Å². The second-order valence-corrected chi connectivity index (χ2v) is 17.2. The minimum Gasteiger partial charge on any atom is -0.487 e. The third kappa shape index (κ3) is 6.01. The molecule has 9 nitrogen and oxygen atoms in total. The van der Waals surface area contributed by atoms with Crippen molar-refractivity contribution in [3.63, 3.8) is 0 Å². The fourth-order valence-corrected chi connectivity index (χ4v) is 10.2. The van der Waals surface area contributed by atoms with Crippen LogP contribution in [0.4, 0.5) is 0 Å². The maximum absolute atomic E-state index is 13.4. The number of benzene rings is 2. The second-order valence-electron chi connectivity index (χ2n) is 14.6. The van der Waals surface area contributed by atoms with E-state index in [4.69, 9.17) is 20.2 Å². The number of aliphatic imine (C=N–C) groups is 2. The number of halogens is 2. The Kier molecular flexibility index (Phi) is 9.39. The van der Waals surface area contributed by atoms with E-state index in [-0.39, 0.29) is 29.0 Å². The highest BCUT2D eigenvalue weighted by Gasteiger charge is 2.59. The molecule has 2 unspecified atom stereocenters. The summed E-state index contributed by atoms with van der Waals surface area (Å²) in [6.45, 7) is 0. The van der Waals surface area contributed by atoms with Crippen molar-refractivity contribution in [2.24, 2.45) is 15.7 Å². The first kappa shape index (κ1) is 34.9. The number of carbonyl (C=O) groups excluding carboxylic acids is 2. The summed E-state index contributed by atoms with van der Waals surface area (Å²) < 4.78 is 14.9. The highest BCUT2D eigenvalue weighted by Crippen LogP contribution is 2.55. The van der Waals surface area contributed by atoms with Gasteiger partial charge in [0.2, 0.25) is 0 Å². The van der Waals surface area contributed by atoms with Gasteiger partial charge in [-0.25, -0.2) is 9.98 Å². The quantitative estimate of drug-likeness (QED) is 0.289. The average Bonchev–Trinajstić information content (AvgIpc) is 3.29.